The summed E-state index contributed by atoms with van der Waals surface area (Å²) in [5, 5.41) is 9.20. The molecule has 0 saturated carbocycles. The summed E-state index contributed by atoms with van der Waals surface area (Å²) in [5.41, 5.74) is 1.52. The number of anilines is 1. The Labute approximate surface area is 161 Å². The van der Waals surface area contributed by atoms with E-state index in [4.69, 9.17) is 10.9 Å². The van der Waals surface area contributed by atoms with E-state index in [1.807, 2.05) is 0 Å². The van der Waals surface area contributed by atoms with Gasteiger partial charge in [-0.05, 0) is 24.3 Å². The number of terminal acetylenes is 1. The minimum atomic E-state index is -0.354. The first-order valence-corrected chi connectivity index (χ1v) is 8.51. The second-order valence-corrected chi connectivity index (χ2v) is 5.73. The summed E-state index contributed by atoms with van der Waals surface area (Å²) in [6.45, 7) is 0.109. The van der Waals surface area contributed by atoms with Gasteiger partial charge in [0.15, 0.2) is 0 Å². The Bertz CT molecular complexity index is 1010. The average molecular weight is 375 g/mol. The molecule has 0 spiro atoms. The van der Waals surface area contributed by atoms with Crippen molar-refractivity contribution in [1.82, 2.24) is 20.4 Å². The standard InChI is InChI=1S/C20H17N5O3/c1-2-11-22-20(27)15-5-3-4-6-16(15)23-17(26)7-8-18-24-19(25-28-18)14-9-12-21-13-10-14/h1,3-6,9-10,12-13H,7-8,11H2,(H,22,27)(H,23,26). The van der Waals surface area contributed by atoms with Gasteiger partial charge in [0.2, 0.25) is 17.6 Å². The van der Waals surface area contributed by atoms with Gasteiger partial charge in [-0.3, -0.25) is 14.6 Å². The lowest BCUT2D eigenvalue weighted by Crippen LogP contribution is -2.25. The summed E-state index contributed by atoms with van der Waals surface area (Å²) in [6, 6.07) is 10.2. The molecule has 1 aromatic carbocycles. The van der Waals surface area contributed by atoms with Crippen LogP contribution in [-0.4, -0.2) is 33.5 Å². The second-order valence-electron chi connectivity index (χ2n) is 5.73. The number of rotatable bonds is 7. The molecule has 0 radical (unpaired) electrons. The third kappa shape index (κ3) is 4.80. The van der Waals surface area contributed by atoms with Crippen molar-refractivity contribution in [2.24, 2.45) is 0 Å². The van der Waals surface area contributed by atoms with Gasteiger partial charge in [0.05, 0.1) is 17.8 Å². The highest BCUT2D eigenvalue weighted by atomic mass is 16.5. The van der Waals surface area contributed by atoms with Crippen LogP contribution in [0.25, 0.3) is 11.4 Å². The fourth-order valence-corrected chi connectivity index (χ4v) is 2.42. The third-order valence-corrected chi connectivity index (χ3v) is 3.77. The van der Waals surface area contributed by atoms with Gasteiger partial charge in [0.25, 0.3) is 5.91 Å². The summed E-state index contributed by atoms with van der Waals surface area (Å²) in [4.78, 5) is 32.6. The van der Waals surface area contributed by atoms with Gasteiger partial charge in [-0.15, -0.1) is 6.42 Å². The zero-order valence-corrected chi connectivity index (χ0v) is 14.9. The lowest BCUT2D eigenvalue weighted by molar-refractivity contribution is -0.116. The summed E-state index contributed by atoms with van der Waals surface area (Å²) >= 11 is 0. The van der Waals surface area contributed by atoms with Gasteiger partial charge in [0.1, 0.15) is 0 Å². The molecule has 8 heteroatoms. The summed E-state index contributed by atoms with van der Waals surface area (Å²) in [6.07, 6.45) is 8.82. The van der Waals surface area contributed by atoms with E-state index in [0.29, 0.717) is 23.0 Å². The zero-order valence-electron chi connectivity index (χ0n) is 14.9. The van der Waals surface area contributed by atoms with Crippen molar-refractivity contribution in [1.29, 1.82) is 0 Å². The first-order chi connectivity index (χ1) is 13.7. The van der Waals surface area contributed by atoms with E-state index < -0.39 is 0 Å². The molecule has 2 N–H and O–H groups in total. The molecular weight excluding hydrogens is 358 g/mol. The Morgan fingerprint density at radius 3 is 2.71 bits per heavy atom. The predicted molar refractivity (Wildman–Crippen MR) is 102 cm³/mol. The number of benzene rings is 1. The Balaban J connectivity index is 1.59. The van der Waals surface area contributed by atoms with E-state index in [-0.39, 0.29) is 31.2 Å². The fourth-order valence-electron chi connectivity index (χ4n) is 2.42. The number of hydrogen-bond acceptors (Lipinski definition) is 6. The molecule has 0 unspecified atom stereocenters. The summed E-state index contributed by atoms with van der Waals surface area (Å²) in [5.74, 6) is 2.49. The first kappa shape index (κ1) is 18.8. The molecule has 3 aromatic rings. The van der Waals surface area contributed by atoms with Crippen LogP contribution in [0.3, 0.4) is 0 Å². The number of aromatic nitrogens is 3. The van der Waals surface area contributed by atoms with Crippen LogP contribution in [0.2, 0.25) is 0 Å². The highest BCUT2D eigenvalue weighted by Crippen LogP contribution is 2.17. The molecule has 2 amide bonds. The molecule has 0 aliphatic heterocycles. The lowest BCUT2D eigenvalue weighted by Gasteiger charge is -2.10. The van der Waals surface area contributed by atoms with Crippen LogP contribution in [0.4, 0.5) is 5.69 Å². The van der Waals surface area contributed by atoms with Crippen molar-refractivity contribution in [3.63, 3.8) is 0 Å². The molecule has 0 saturated heterocycles. The number of carbonyl (C=O) groups excluding carboxylic acids is 2. The Morgan fingerprint density at radius 2 is 1.93 bits per heavy atom. The fraction of sp³-hybridized carbons (Fsp3) is 0.150. The molecule has 2 heterocycles. The van der Waals surface area contributed by atoms with E-state index >= 15 is 0 Å². The van der Waals surface area contributed by atoms with Crippen LogP contribution in [-0.2, 0) is 11.2 Å². The van der Waals surface area contributed by atoms with Gasteiger partial charge in [-0.2, -0.15) is 4.98 Å². The van der Waals surface area contributed by atoms with E-state index in [9.17, 15) is 9.59 Å². The number of amides is 2. The lowest BCUT2D eigenvalue weighted by atomic mass is 10.1. The van der Waals surface area contributed by atoms with Gasteiger partial charge in [-0.1, -0.05) is 23.2 Å². The molecule has 0 aliphatic rings. The molecule has 28 heavy (non-hydrogen) atoms. The van der Waals surface area contributed by atoms with Crippen molar-refractivity contribution in [3.8, 4) is 23.7 Å². The number of hydrogen-bond donors (Lipinski definition) is 2. The largest absolute Gasteiger partial charge is 0.341 e. The van der Waals surface area contributed by atoms with Gasteiger partial charge in [0, 0.05) is 30.8 Å². The van der Waals surface area contributed by atoms with Crippen LogP contribution in [0.1, 0.15) is 22.7 Å². The van der Waals surface area contributed by atoms with Crippen LogP contribution < -0.4 is 10.6 Å². The maximum Gasteiger partial charge on any atom is 0.254 e. The molecule has 140 valence electrons. The third-order valence-electron chi connectivity index (χ3n) is 3.77. The SMILES string of the molecule is C#CCNC(=O)c1ccccc1NC(=O)CCc1nc(-c2ccncc2)no1. The van der Waals surface area contributed by atoms with Crippen molar-refractivity contribution in [2.45, 2.75) is 12.8 Å². The molecular formula is C20H17N5O3. The van der Waals surface area contributed by atoms with Crippen LogP contribution in [0, 0.1) is 12.3 Å². The summed E-state index contributed by atoms with van der Waals surface area (Å²) < 4.78 is 5.18. The monoisotopic (exact) mass is 375 g/mol. The number of nitrogens with one attached hydrogen (secondary N) is 2. The number of nitrogens with zero attached hydrogens (tertiary/aromatic N) is 3. The van der Waals surface area contributed by atoms with Crippen molar-refractivity contribution < 1.29 is 14.1 Å². The van der Waals surface area contributed by atoms with Crippen molar-refractivity contribution in [3.05, 3.63) is 60.2 Å². The highest BCUT2D eigenvalue weighted by molar-refractivity contribution is 6.03. The topological polar surface area (TPSA) is 110 Å². The minimum absolute atomic E-state index is 0.109. The summed E-state index contributed by atoms with van der Waals surface area (Å²) in [7, 11) is 0. The van der Waals surface area contributed by atoms with Gasteiger partial charge >= 0.3 is 0 Å². The number of aryl methyl sites for hydroxylation is 1. The number of carbonyl (C=O) groups is 2. The van der Waals surface area contributed by atoms with E-state index in [1.54, 1.807) is 48.8 Å². The van der Waals surface area contributed by atoms with Crippen LogP contribution >= 0.6 is 0 Å². The number of pyridine rings is 1. The molecule has 0 aliphatic carbocycles. The second kappa shape index (κ2) is 9.09. The van der Waals surface area contributed by atoms with Crippen LogP contribution in [0.5, 0.6) is 0 Å². The Hall–Kier alpha value is -3.99. The Morgan fingerprint density at radius 1 is 1.14 bits per heavy atom. The van der Waals surface area contributed by atoms with Gasteiger partial charge in [-0.25, -0.2) is 0 Å². The van der Waals surface area contributed by atoms with E-state index in [0.717, 1.165) is 5.56 Å². The Kier molecular flexibility index (Phi) is 6.10. The molecule has 8 nitrogen and oxygen atoms in total. The van der Waals surface area contributed by atoms with Crippen molar-refractivity contribution in [2.75, 3.05) is 11.9 Å². The van der Waals surface area contributed by atoms with Crippen LogP contribution in [0.15, 0.2) is 53.3 Å². The average Bonchev–Trinajstić information content (AvgIpc) is 3.21. The maximum absolute atomic E-state index is 12.3. The smallest absolute Gasteiger partial charge is 0.254 e. The predicted octanol–water partition coefficient (Wildman–Crippen LogP) is 2.07. The zero-order chi connectivity index (χ0) is 19.8. The molecule has 0 bridgehead atoms. The van der Waals surface area contributed by atoms with Crippen molar-refractivity contribution >= 4 is 17.5 Å². The van der Waals surface area contributed by atoms with E-state index in [2.05, 4.69) is 31.7 Å². The molecule has 3 rings (SSSR count). The quantitative estimate of drug-likeness (QED) is 0.612. The highest BCUT2D eigenvalue weighted by Gasteiger charge is 2.14. The maximum atomic E-state index is 12.3. The first-order valence-electron chi connectivity index (χ1n) is 8.51. The molecule has 0 atom stereocenters. The minimum Gasteiger partial charge on any atom is -0.341 e. The normalized spacial score (nSPS) is 10.1. The molecule has 2 aromatic heterocycles. The molecule has 0 fully saturated rings. The number of para-hydroxylation sites is 1. The van der Waals surface area contributed by atoms with E-state index in [1.165, 1.54) is 0 Å². The van der Waals surface area contributed by atoms with Gasteiger partial charge < -0.3 is 15.2 Å².